The van der Waals surface area contributed by atoms with Crippen LogP contribution in [0.15, 0.2) is 78.9 Å². The summed E-state index contributed by atoms with van der Waals surface area (Å²) in [5, 5.41) is 3.71. The first-order valence-corrected chi connectivity index (χ1v) is 13.5. The van der Waals surface area contributed by atoms with Crippen molar-refractivity contribution in [2.45, 2.75) is 45.0 Å². The summed E-state index contributed by atoms with van der Waals surface area (Å²) in [6, 6.07) is 25.1. The highest BCUT2D eigenvalue weighted by Crippen LogP contribution is 2.20. The number of amides is 2. The molecule has 6 heteroatoms. The average Bonchev–Trinajstić information content (AvgIpc) is 2.85. The number of rotatable bonds is 12. The highest BCUT2D eigenvalue weighted by molar-refractivity contribution is 7.99. The molecule has 3 aromatic rings. The Kier molecular flexibility index (Phi) is 10.7. The quantitative estimate of drug-likeness (QED) is 0.324. The molecule has 35 heavy (non-hydrogen) atoms. The molecule has 0 aliphatic heterocycles. The number of aryl methyl sites for hydroxylation is 1. The molecule has 1 atom stereocenters. The summed E-state index contributed by atoms with van der Waals surface area (Å²) in [5.74, 6) is 0.795. The van der Waals surface area contributed by atoms with Crippen LogP contribution < -0.4 is 5.32 Å². The topological polar surface area (TPSA) is 49.4 Å². The van der Waals surface area contributed by atoms with Gasteiger partial charge in [0.05, 0.1) is 5.75 Å². The fourth-order valence-electron chi connectivity index (χ4n) is 3.89. The van der Waals surface area contributed by atoms with Crippen molar-refractivity contribution >= 4 is 35.2 Å². The first-order chi connectivity index (χ1) is 17.0. The lowest BCUT2D eigenvalue weighted by molar-refractivity contribution is -0.139. The molecule has 3 rings (SSSR count). The molecular weight excluding hydrogens is 476 g/mol. The molecule has 0 unspecified atom stereocenters. The molecule has 3 aromatic carbocycles. The number of hydrogen-bond donors (Lipinski definition) is 1. The SMILES string of the molecule is CCCNC(=O)[C@H](Cc1ccccc1)N(Cc1cccc(C)c1)C(=O)CSCc1cccc(Cl)c1. The van der Waals surface area contributed by atoms with E-state index in [9.17, 15) is 9.59 Å². The van der Waals surface area contributed by atoms with Gasteiger partial charge in [-0.3, -0.25) is 9.59 Å². The maximum Gasteiger partial charge on any atom is 0.243 e. The van der Waals surface area contributed by atoms with Gasteiger partial charge in [0.2, 0.25) is 11.8 Å². The lowest BCUT2D eigenvalue weighted by Crippen LogP contribution is -2.51. The Labute approximate surface area is 218 Å². The maximum absolute atomic E-state index is 13.6. The van der Waals surface area contributed by atoms with Crippen molar-refractivity contribution in [2.75, 3.05) is 12.3 Å². The van der Waals surface area contributed by atoms with Crippen molar-refractivity contribution in [1.29, 1.82) is 0 Å². The molecule has 0 spiro atoms. The van der Waals surface area contributed by atoms with Gasteiger partial charge in [-0.25, -0.2) is 0 Å². The molecule has 2 amide bonds. The standard InChI is InChI=1S/C29H33ClN2O2S/c1-3-15-31-29(34)27(18-23-10-5-4-6-11-23)32(19-24-12-7-9-22(2)16-24)28(33)21-35-20-25-13-8-14-26(30)17-25/h4-14,16-17,27H,3,15,18-21H2,1-2H3,(H,31,34)/t27-/m0/s1. The zero-order valence-corrected chi connectivity index (χ0v) is 21.9. The second-order valence-electron chi connectivity index (χ2n) is 8.63. The molecule has 0 aromatic heterocycles. The number of carbonyl (C=O) groups excluding carboxylic acids is 2. The van der Waals surface area contributed by atoms with Crippen LogP contribution in [0.4, 0.5) is 0 Å². The third-order valence-electron chi connectivity index (χ3n) is 5.64. The molecule has 1 N–H and O–H groups in total. The smallest absolute Gasteiger partial charge is 0.243 e. The van der Waals surface area contributed by atoms with Gasteiger partial charge in [0, 0.05) is 30.3 Å². The second kappa shape index (κ2) is 14.0. The van der Waals surface area contributed by atoms with E-state index in [-0.39, 0.29) is 17.6 Å². The molecule has 0 radical (unpaired) electrons. The minimum Gasteiger partial charge on any atom is -0.354 e. The van der Waals surface area contributed by atoms with Gasteiger partial charge in [-0.15, -0.1) is 11.8 Å². The molecule has 0 saturated carbocycles. The number of nitrogens with one attached hydrogen (secondary N) is 1. The fraction of sp³-hybridized carbons (Fsp3) is 0.310. The summed E-state index contributed by atoms with van der Waals surface area (Å²) >= 11 is 7.64. The van der Waals surface area contributed by atoms with Gasteiger partial charge in [-0.1, -0.05) is 90.8 Å². The van der Waals surface area contributed by atoms with Crippen molar-refractivity contribution in [2.24, 2.45) is 0 Å². The third kappa shape index (κ3) is 8.75. The molecule has 0 aliphatic rings. The monoisotopic (exact) mass is 508 g/mol. The average molecular weight is 509 g/mol. The van der Waals surface area contributed by atoms with Crippen molar-refractivity contribution in [1.82, 2.24) is 10.2 Å². The molecule has 0 aliphatic carbocycles. The minimum atomic E-state index is -0.594. The van der Waals surface area contributed by atoms with E-state index >= 15 is 0 Å². The number of halogens is 1. The van der Waals surface area contributed by atoms with Gasteiger partial charge in [0.25, 0.3) is 0 Å². The van der Waals surface area contributed by atoms with E-state index < -0.39 is 6.04 Å². The lowest BCUT2D eigenvalue weighted by Gasteiger charge is -2.31. The number of carbonyl (C=O) groups is 2. The van der Waals surface area contributed by atoms with E-state index in [1.54, 1.807) is 4.90 Å². The lowest BCUT2D eigenvalue weighted by atomic mass is 10.0. The minimum absolute atomic E-state index is 0.0499. The van der Waals surface area contributed by atoms with Crippen LogP contribution in [0.2, 0.25) is 5.02 Å². The van der Waals surface area contributed by atoms with Crippen LogP contribution in [0.3, 0.4) is 0 Å². The molecule has 0 bridgehead atoms. The van der Waals surface area contributed by atoms with E-state index in [0.717, 1.165) is 28.7 Å². The number of thioether (sulfide) groups is 1. The van der Waals surface area contributed by atoms with E-state index in [2.05, 4.69) is 11.4 Å². The number of nitrogens with zero attached hydrogens (tertiary/aromatic N) is 1. The van der Waals surface area contributed by atoms with Crippen LogP contribution in [0, 0.1) is 6.92 Å². The summed E-state index contributed by atoms with van der Waals surface area (Å²) < 4.78 is 0. The van der Waals surface area contributed by atoms with E-state index in [4.69, 9.17) is 11.6 Å². The number of benzene rings is 3. The maximum atomic E-state index is 13.6. The molecule has 0 heterocycles. The first kappa shape index (κ1) is 26.8. The Morgan fingerprint density at radius 3 is 2.37 bits per heavy atom. The van der Waals surface area contributed by atoms with Crippen LogP contribution in [-0.2, 0) is 28.3 Å². The summed E-state index contributed by atoms with van der Waals surface area (Å²) in [6.07, 6.45) is 1.30. The van der Waals surface area contributed by atoms with Crippen LogP contribution in [-0.4, -0.2) is 35.1 Å². The van der Waals surface area contributed by atoms with Crippen LogP contribution >= 0.6 is 23.4 Å². The van der Waals surface area contributed by atoms with Crippen molar-refractivity contribution < 1.29 is 9.59 Å². The first-order valence-electron chi connectivity index (χ1n) is 11.9. The van der Waals surface area contributed by atoms with Crippen molar-refractivity contribution in [3.05, 3.63) is 106 Å². The Morgan fingerprint density at radius 1 is 0.943 bits per heavy atom. The predicted octanol–water partition coefficient (Wildman–Crippen LogP) is 6.05. The predicted molar refractivity (Wildman–Crippen MR) is 147 cm³/mol. The molecule has 0 fully saturated rings. The Hall–Kier alpha value is -2.76. The second-order valence-corrected chi connectivity index (χ2v) is 10.1. The van der Waals surface area contributed by atoms with E-state index in [1.807, 2.05) is 86.6 Å². The normalized spacial score (nSPS) is 11.6. The Bertz CT molecular complexity index is 1110. The van der Waals surface area contributed by atoms with Gasteiger partial charge in [-0.2, -0.15) is 0 Å². The summed E-state index contributed by atoms with van der Waals surface area (Å²) in [5.41, 5.74) is 4.24. The fourth-order valence-corrected chi connectivity index (χ4v) is 4.96. The molecule has 0 saturated heterocycles. The van der Waals surface area contributed by atoms with E-state index in [0.29, 0.717) is 30.3 Å². The molecule has 4 nitrogen and oxygen atoms in total. The van der Waals surface area contributed by atoms with Gasteiger partial charge in [0.15, 0.2) is 0 Å². The highest BCUT2D eigenvalue weighted by Gasteiger charge is 2.30. The van der Waals surface area contributed by atoms with Gasteiger partial charge in [-0.05, 0) is 42.2 Å². The zero-order chi connectivity index (χ0) is 25.0. The number of hydrogen-bond acceptors (Lipinski definition) is 3. The molecule has 184 valence electrons. The third-order valence-corrected chi connectivity index (χ3v) is 6.86. The summed E-state index contributed by atoms with van der Waals surface area (Å²) in [6.45, 7) is 5.02. The van der Waals surface area contributed by atoms with Crippen LogP contribution in [0.25, 0.3) is 0 Å². The summed E-state index contributed by atoms with van der Waals surface area (Å²) in [4.78, 5) is 28.7. The Balaban J connectivity index is 1.83. The van der Waals surface area contributed by atoms with E-state index in [1.165, 1.54) is 11.8 Å². The van der Waals surface area contributed by atoms with Gasteiger partial charge in [0.1, 0.15) is 6.04 Å². The van der Waals surface area contributed by atoms with Gasteiger partial charge >= 0.3 is 0 Å². The largest absolute Gasteiger partial charge is 0.354 e. The zero-order valence-electron chi connectivity index (χ0n) is 20.4. The van der Waals surface area contributed by atoms with Crippen molar-refractivity contribution in [3.8, 4) is 0 Å². The summed E-state index contributed by atoms with van der Waals surface area (Å²) in [7, 11) is 0. The highest BCUT2D eigenvalue weighted by atomic mass is 35.5. The van der Waals surface area contributed by atoms with Gasteiger partial charge < -0.3 is 10.2 Å². The van der Waals surface area contributed by atoms with Crippen LogP contribution in [0.1, 0.15) is 35.6 Å². The van der Waals surface area contributed by atoms with Crippen molar-refractivity contribution in [3.63, 3.8) is 0 Å². The molecular formula is C29H33ClN2O2S. The van der Waals surface area contributed by atoms with Crippen LogP contribution in [0.5, 0.6) is 0 Å². The Morgan fingerprint density at radius 2 is 1.66 bits per heavy atom.